The number of rotatable bonds is 1. The number of hydrogen-bond donors (Lipinski definition) is 1. The van der Waals surface area contributed by atoms with Crippen LogP contribution in [0, 0.1) is 0 Å². The van der Waals surface area contributed by atoms with Gasteiger partial charge in [0.15, 0.2) is 0 Å². The molecule has 0 saturated heterocycles. The van der Waals surface area contributed by atoms with E-state index in [2.05, 4.69) is 32.6 Å². The first-order valence-corrected chi connectivity index (χ1v) is 13.0. The van der Waals surface area contributed by atoms with Gasteiger partial charge in [0.2, 0.25) is 0 Å². The van der Waals surface area contributed by atoms with E-state index < -0.39 is 0 Å². The second kappa shape index (κ2) is 11.2. The minimum absolute atomic E-state index is 0.111. The average molecular weight is 560 g/mol. The number of carbonyl (C=O) groups is 1. The first-order chi connectivity index (χ1) is 18.5. The molecule has 38 heavy (non-hydrogen) atoms. The molecule has 4 aromatic carbocycles. The molecule has 8 heteroatoms. The zero-order valence-electron chi connectivity index (χ0n) is 20.0. The molecule has 0 saturated carbocycles. The summed E-state index contributed by atoms with van der Waals surface area (Å²) in [6.07, 6.45) is 4.43. The molecule has 2 N–H and O–H groups in total. The lowest BCUT2D eigenvalue weighted by Crippen LogP contribution is -1.93. The molecule has 0 unspecified atom stereocenters. The Morgan fingerprint density at radius 3 is 2.03 bits per heavy atom. The van der Waals surface area contributed by atoms with Gasteiger partial charge in [0.1, 0.15) is 17.8 Å². The summed E-state index contributed by atoms with van der Waals surface area (Å²) in [4.78, 5) is 17.8. The smallest absolute Gasteiger partial charge is 0.145 e. The molecule has 7 aromatic rings. The van der Waals surface area contributed by atoms with Gasteiger partial charge in [0, 0.05) is 33.9 Å². The third-order valence-corrected chi connectivity index (χ3v) is 6.85. The second-order valence-electron chi connectivity index (χ2n) is 8.30. The molecule has 0 spiro atoms. The first kappa shape index (κ1) is 25.7. The van der Waals surface area contributed by atoms with Crippen LogP contribution in [0.2, 0.25) is 10.0 Å². The molecular formula is C30H21Cl3N4O. The molecule has 0 fully saturated rings. The minimum Gasteiger partial charge on any atom is -0.383 e. The van der Waals surface area contributed by atoms with Crippen LogP contribution in [-0.4, -0.2) is 26.5 Å². The summed E-state index contributed by atoms with van der Waals surface area (Å²) >= 11 is 17.4. The molecule has 7 rings (SSSR count). The number of alkyl halides is 1. The number of aldehydes is 1. The molecule has 0 aliphatic heterocycles. The fourth-order valence-electron chi connectivity index (χ4n) is 4.56. The summed E-state index contributed by atoms with van der Waals surface area (Å²) in [7, 11) is 0. The van der Waals surface area contributed by atoms with E-state index in [-0.39, 0.29) is 5.88 Å². The number of aromatic nitrogens is 3. The number of nitrogen functional groups attached to an aromatic ring is 1. The Morgan fingerprint density at radius 1 is 0.763 bits per heavy atom. The number of nitrogens with two attached hydrogens (primary N) is 1. The number of imidazole rings is 1. The molecule has 0 aliphatic carbocycles. The van der Waals surface area contributed by atoms with Crippen LogP contribution >= 0.6 is 34.8 Å². The molecule has 188 valence electrons. The van der Waals surface area contributed by atoms with Crippen LogP contribution in [0.3, 0.4) is 0 Å². The molecule has 0 aliphatic rings. The highest BCUT2D eigenvalue weighted by molar-refractivity contribution is 6.38. The van der Waals surface area contributed by atoms with Crippen LogP contribution in [-0.2, 0) is 4.79 Å². The van der Waals surface area contributed by atoms with Crippen molar-refractivity contribution in [2.24, 2.45) is 0 Å². The van der Waals surface area contributed by atoms with Crippen molar-refractivity contribution in [2.45, 2.75) is 0 Å². The van der Waals surface area contributed by atoms with Crippen LogP contribution < -0.4 is 5.73 Å². The zero-order valence-corrected chi connectivity index (χ0v) is 22.3. The summed E-state index contributed by atoms with van der Waals surface area (Å²) in [5.41, 5.74) is 8.82. The quantitative estimate of drug-likeness (QED) is 0.125. The molecule has 0 bridgehead atoms. The van der Waals surface area contributed by atoms with Crippen LogP contribution in [0.15, 0.2) is 97.3 Å². The molecule has 0 amide bonds. The van der Waals surface area contributed by atoms with Crippen molar-refractivity contribution >= 4 is 95.9 Å². The van der Waals surface area contributed by atoms with E-state index in [1.165, 1.54) is 0 Å². The van der Waals surface area contributed by atoms with Gasteiger partial charge in [-0.25, -0.2) is 9.97 Å². The average Bonchev–Trinajstić information content (AvgIpc) is 3.45. The fourth-order valence-corrected chi connectivity index (χ4v) is 5.10. The third-order valence-electron chi connectivity index (χ3n) is 6.10. The number of halogens is 3. The number of carbonyl (C=O) groups excluding carboxylic acids is 1. The Morgan fingerprint density at radius 2 is 1.34 bits per heavy atom. The summed E-state index contributed by atoms with van der Waals surface area (Å²) in [5.74, 6) is 0.658. The van der Waals surface area contributed by atoms with Crippen LogP contribution in [0.1, 0.15) is 0 Å². The van der Waals surface area contributed by atoms with Crippen molar-refractivity contribution in [1.82, 2.24) is 14.4 Å². The van der Waals surface area contributed by atoms with Crippen molar-refractivity contribution < 1.29 is 4.79 Å². The third kappa shape index (κ3) is 4.72. The Kier molecular flexibility index (Phi) is 7.61. The number of fused-ring (bicyclic) bond motifs is 9. The second-order valence-corrected chi connectivity index (χ2v) is 9.42. The van der Waals surface area contributed by atoms with E-state index in [1.807, 2.05) is 79.1 Å². The molecule has 3 heterocycles. The summed E-state index contributed by atoms with van der Waals surface area (Å²) in [5, 5.41) is 7.81. The standard InChI is InChI=1S/C15H9ClN2.C13H9ClN2.C2H3ClO/c16-12-6-3-7-13-14(12)10-4-1-2-5-11(10)15-17-8-9-18(13)15;14-10-6-3-7-11-12(10)8-4-1-2-5-9(8)13(15)16-11;3-1-2-4/h1-9H;1-7H,(H2,15,16);2H,1H2. The number of benzene rings is 4. The van der Waals surface area contributed by atoms with E-state index in [9.17, 15) is 0 Å². The highest BCUT2D eigenvalue weighted by atomic mass is 35.5. The molecule has 0 atom stereocenters. The topological polar surface area (TPSA) is 73.3 Å². The van der Waals surface area contributed by atoms with Crippen molar-refractivity contribution in [1.29, 1.82) is 0 Å². The largest absolute Gasteiger partial charge is 0.383 e. The SMILES string of the molecule is Clc1cccc2c1c1ccccc1c1nccn21.Nc1nc2cccc(Cl)c2c2ccccc12.O=CCCl. The van der Waals surface area contributed by atoms with E-state index in [0.29, 0.717) is 17.1 Å². The van der Waals surface area contributed by atoms with Gasteiger partial charge in [0.05, 0.1) is 27.0 Å². The van der Waals surface area contributed by atoms with Gasteiger partial charge >= 0.3 is 0 Å². The molecule has 3 aromatic heterocycles. The fraction of sp³-hybridized carbons (Fsp3) is 0.0333. The minimum atomic E-state index is 0.111. The molecule has 5 nitrogen and oxygen atoms in total. The van der Waals surface area contributed by atoms with Crippen molar-refractivity contribution in [3.8, 4) is 0 Å². The lowest BCUT2D eigenvalue weighted by atomic mass is 10.1. The van der Waals surface area contributed by atoms with Crippen LogP contribution in [0.25, 0.3) is 49.0 Å². The number of hydrogen-bond acceptors (Lipinski definition) is 4. The Bertz CT molecular complexity index is 1930. The highest BCUT2D eigenvalue weighted by Crippen LogP contribution is 2.34. The van der Waals surface area contributed by atoms with E-state index in [0.717, 1.165) is 54.0 Å². The Hall–Kier alpha value is -3.90. The van der Waals surface area contributed by atoms with Gasteiger partial charge in [0.25, 0.3) is 0 Å². The summed E-state index contributed by atoms with van der Waals surface area (Å²) < 4.78 is 2.09. The lowest BCUT2D eigenvalue weighted by Gasteiger charge is -2.09. The van der Waals surface area contributed by atoms with Gasteiger partial charge in [-0.2, -0.15) is 0 Å². The maximum absolute atomic E-state index is 9.04. The Balaban J connectivity index is 0.000000137. The predicted octanol–water partition coefficient (Wildman–Crippen LogP) is 8.34. The van der Waals surface area contributed by atoms with Gasteiger partial charge < -0.3 is 10.5 Å². The zero-order chi connectivity index (χ0) is 26.6. The van der Waals surface area contributed by atoms with Crippen LogP contribution in [0.4, 0.5) is 5.82 Å². The van der Waals surface area contributed by atoms with Crippen molar-refractivity contribution in [3.63, 3.8) is 0 Å². The number of anilines is 1. The highest BCUT2D eigenvalue weighted by Gasteiger charge is 2.11. The summed E-state index contributed by atoms with van der Waals surface area (Å²) in [6.45, 7) is 0. The lowest BCUT2D eigenvalue weighted by molar-refractivity contribution is -0.105. The Labute approximate surface area is 233 Å². The monoisotopic (exact) mass is 558 g/mol. The van der Waals surface area contributed by atoms with Gasteiger partial charge in [-0.15, -0.1) is 11.6 Å². The van der Waals surface area contributed by atoms with Crippen molar-refractivity contribution in [2.75, 3.05) is 11.6 Å². The first-order valence-electron chi connectivity index (χ1n) is 11.7. The van der Waals surface area contributed by atoms with Gasteiger partial charge in [-0.3, -0.25) is 4.40 Å². The molecule has 0 radical (unpaired) electrons. The van der Waals surface area contributed by atoms with Gasteiger partial charge in [-0.05, 0) is 35.0 Å². The number of pyridine rings is 2. The van der Waals surface area contributed by atoms with Crippen molar-refractivity contribution in [3.05, 3.63) is 107 Å². The molecular weight excluding hydrogens is 539 g/mol. The summed E-state index contributed by atoms with van der Waals surface area (Å²) in [6, 6.07) is 27.8. The van der Waals surface area contributed by atoms with Gasteiger partial charge in [-0.1, -0.05) is 83.9 Å². The number of nitrogens with zero attached hydrogens (tertiary/aromatic N) is 3. The normalized spacial score (nSPS) is 10.8. The van der Waals surface area contributed by atoms with E-state index in [1.54, 1.807) is 0 Å². The maximum Gasteiger partial charge on any atom is 0.145 e. The maximum atomic E-state index is 9.04. The predicted molar refractivity (Wildman–Crippen MR) is 161 cm³/mol. The van der Waals surface area contributed by atoms with E-state index >= 15 is 0 Å². The van der Waals surface area contributed by atoms with Crippen LogP contribution in [0.5, 0.6) is 0 Å². The van der Waals surface area contributed by atoms with E-state index in [4.69, 9.17) is 45.3 Å².